The number of aromatic nitrogens is 1. The number of carbonyl (C=O) groups is 1. The van der Waals surface area contributed by atoms with Gasteiger partial charge in [-0.05, 0) is 54.2 Å². The Kier molecular flexibility index (Phi) is 6.14. The Morgan fingerprint density at radius 3 is 2.50 bits per heavy atom. The number of hydrogen-bond acceptors (Lipinski definition) is 5. The predicted octanol–water partition coefficient (Wildman–Crippen LogP) is 6.70. The van der Waals surface area contributed by atoms with Gasteiger partial charge < -0.3 is 14.0 Å². The van der Waals surface area contributed by atoms with Crippen LogP contribution in [0.2, 0.25) is 0 Å². The van der Waals surface area contributed by atoms with Gasteiger partial charge in [-0.2, -0.15) is 0 Å². The van der Waals surface area contributed by atoms with Gasteiger partial charge in [0.1, 0.15) is 17.5 Å². The van der Waals surface area contributed by atoms with Gasteiger partial charge >= 0.3 is 6.09 Å². The summed E-state index contributed by atoms with van der Waals surface area (Å²) in [5.41, 5.74) is 7.66. The van der Waals surface area contributed by atoms with Gasteiger partial charge in [0.15, 0.2) is 5.76 Å². The zero-order valence-electron chi connectivity index (χ0n) is 19.2. The molecule has 0 fully saturated rings. The van der Waals surface area contributed by atoms with Gasteiger partial charge in [-0.1, -0.05) is 71.9 Å². The molecule has 1 aromatic heterocycles. The first kappa shape index (κ1) is 21.9. The minimum atomic E-state index is -0.559. The van der Waals surface area contributed by atoms with Crippen molar-refractivity contribution >= 4 is 11.8 Å². The van der Waals surface area contributed by atoms with Crippen LogP contribution >= 0.6 is 0 Å². The number of aryl methyl sites for hydroxylation is 1. The molecule has 6 nitrogen and oxygen atoms in total. The van der Waals surface area contributed by atoms with Gasteiger partial charge in [-0.25, -0.2) is 4.79 Å². The fraction of sp³-hybridized carbons (Fsp3) is 0.214. The first-order valence-corrected chi connectivity index (χ1v) is 11.4. The molecule has 0 aliphatic carbocycles. The predicted molar refractivity (Wildman–Crippen MR) is 130 cm³/mol. The van der Waals surface area contributed by atoms with Crippen LogP contribution in [0.3, 0.4) is 0 Å². The SMILES string of the molecule is Cc1noc(-c2ccc(-c3ccc4c(c3)COCC4)cc2)c1NC(=O)OC(C)c1ccccc1. The fourth-order valence-electron chi connectivity index (χ4n) is 4.16. The van der Waals surface area contributed by atoms with Crippen LogP contribution in [0, 0.1) is 6.92 Å². The summed E-state index contributed by atoms with van der Waals surface area (Å²) in [4.78, 5) is 12.6. The van der Waals surface area contributed by atoms with Crippen molar-refractivity contribution in [3.8, 4) is 22.5 Å². The van der Waals surface area contributed by atoms with Crippen molar-refractivity contribution in [2.75, 3.05) is 11.9 Å². The van der Waals surface area contributed by atoms with Crippen LogP contribution in [-0.4, -0.2) is 17.9 Å². The topological polar surface area (TPSA) is 73.6 Å². The smallest absolute Gasteiger partial charge is 0.412 e. The van der Waals surface area contributed by atoms with Crippen LogP contribution in [0.15, 0.2) is 77.3 Å². The van der Waals surface area contributed by atoms with Gasteiger partial charge in [0.2, 0.25) is 0 Å². The molecule has 1 unspecified atom stereocenters. The number of rotatable bonds is 5. The van der Waals surface area contributed by atoms with Crippen molar-refractivity contribution in [1.82, 2.24) is 5.16 Å². The Morgan fingerprint density at radius 1 is 0.971 bits per heavy atom. The highest BCUT2D eigenvalue weighted by Crippen LogP contribution is 2.33. The molecule has 0 saturated heterocycles. The van der Waals surface area contributed by atoms with E-state index in [0.717, 1.165) is 35.3 Å². The summed E-state index contributed by atoms with van der Waals surface area (Å²) >= 11 is 0. The summed E-state index contributed by atoms with van der Waals surface area (Å²) in [7, 11) is 0. The van der Waals surface area contributed by atoms with Gasteiger partial charge in [-0.15, -0.1) is 0 Å². The van der Waals surface area contributed by atoms with Crippen molar-refractivity contribution in [3.05, 3.63) is 95.2 Å². The summed E-state index contributed by atoms with van der Waals surface area (Å²) in [6.07, 6.45) is 0.0183. The molecule has 2 heterocycles. The lowest BCUT2D eigenvalue weighted by atomic mass is 9.96. The number of nitrogens with zero attached hydrogens (tertiary/aromatic N) is 1. The first-order chi connectivity index (χ1) is 16.6. The molecule has 4 aromatic rings. The molecule has 0 saturated carbocycles. The Bertz CT molecular complexity index is 1300. The molecule has 1 amide bonds. The van der Waals surface area contributed by atoms with Gasteiger partial charge in [-0.3, -0.25) is 5.32 Å². The highest BCUT2D eigenvalue weighted by Gasteiger charge is 2.20. The molecule has 34 heavy (non-hydrogen) atoms. The van der Waals surface area contributed by atoms with Crippen LogP contribution in [0.25, 0.3) is 22.5 Å². The lowest BCUT2D eigenvalue weighted by Gasteiger charge is -2.17. The maximum absolute atomic E-state index is 12.6. The molecule has 1 N–H and O–H groups in total. The molecule has 0 bridgehead atoms. The van der Waals surface area contributed by atoms with Gasteiger partial charge in [0, 0.05) is 5.56 Å². The highest BCUT2D eigenvalue weighted by molar-refractivity contribution is 5.91. The summed E-state index contributed by atoms with van der Waals surface area (Å²) in [6, 6.07) is 24.1. The van der Waals surface area contributed by atoms with E-state index in [1.807, 2.05) is 61.5 Å². The molecule has 1 aliphatic heterocycles. The zero-order valence-corrected chi connectivity index (χ0v) is 19.2. The number of fused-ring (bicyclic) bond motifs is 1. The van der Waals surface area contributed by atoms with E-state index in [0.29, 0.717) is 23.7 Å². The highest BCUT2D eigenvalue weighted by atomic mass is 16.6. The Labute approximate surface area is 198 Å². The van der Waals surface area contributed by atoms with E-state index in [1.165, 1.54) is 11.1 Å². The molecule has 0 radical (unpaired) electrons. The second kappa shape index (κ2) is 9.53. The molecule has 3 aromatic carbocycles. The maximum atomic E-state index is 12.6. The van der Waals surface area contributed by atoms with E-state index in [2.05, 4.69) is 28.7 Å². The van der Waals surface area contributed by atoms with Crippen molar-refractivity contribution in [1.29, 1.82) is 0 Å². The maximum Gasteiger partial charge on any atom is 0.412 e. The molecule has 5 rings (SSSR count). The minimum Gasteiger partial charge on any atom is -0.441 e. The Morgan fingerprint density at radius 2 is 1.71 bits per heavy atom. The molecule has 0 spiro atoms. The molecule has 1 aliphatic rings. The quantitative estimate of drug-likeness (QED) is 0.363. The lowest BCUT2D eigenvalue weighted by Crippen LogP contribution is -2.16. The van der Waals surface area contributed by atoms with E-state index in [-0.39, 0.29) is 6.10 Å². The number of amides is 1. The molecular formula is C28H26N2O4. The van der Waals surface area contributed by atoms with Crippen molar-refractivity contribution in [2.45, 2.75) is 33.0 Å². The minimum absolute atomic E-state index is 0.383. The number of nitrogens with one attached hydrogen (secondary N) is 1. The largest absolute Gasteiger partial charge is 0.441 e. The fourth-order valence-corrected chi connectivity index (χ4v) is 4.16. The van der Waals surface area contributed by atoms with E-state index in [1.54, 1.807) is 6.92 Å². The summed E-state index contributed by atoms with van der Waals surface area (Å²) in [5.74, 6) is 0.493. The molecule has 6 heteroatoms. The monoisotopic (exact) mass is 454 g/mol. The first-order valence-electron chi connectivity index (χ1n) is 11.4. The van der Waals surface area contributed by atoms with Gasteiger partial charge in [0.05, 0.1) is 13.2 Å². The van der Waals surface area contributed by atoms with Crippen LogP contribution in [0.1, 0.15) is 35.4 Å². The third-order valence-corrected chi connectivity index (χ3v) is 6.10. The summed E-state index contributed by atoms with van der Waals surface area (Å²) in [5, 5.41) is 6.86. The Hall–Kier alpha value is -3.90. The van der Waals surface area contributed by atoms with Crippen molar-refractivity contribution in [2.24, 2.45) is 0 Å². The average molecular weight is 455 g/mol. The van der Waals surface area contributed by atoms with Crippen LogP contribution in [0.4, 0.5) is 10.5 Å². The van der Waals surface area contributed by atoms with E-state index >= 15 is 0 Å². The standard InChI is InChI=1S/C28H26N2O4/c1-18-26(29-28(31)33-19(2)20-6-4-3-5-7-20)27(34-30-18)23-11-8-21(9-12-23)24-13-10-22-14-15-32-17-25(22)16-24/h3-13,16,19H,14-15,17H2,1-2H3,(H,29,31). The number of ether oxygens (including phenoxy) is 2. The van der Waals surface area contributed by atoms with Crippen LogP contribution < -0.4 is 5.32 Å². The Balaban J connectivity index is 1.33. The van der Waals surface area contributed by atoms with E-state index in [4.69, 9.17) is 14.0 Å². The summed E-state index contributed by atoms with van der Waals surface area (Å²) in [6.45, 7) is 5.06. The summed E-state index contributed by atoms with van der Waals surface area (Å²) < 4.78 is 16.7. The molecule has 1 atom stereocenters. The van der Waals surface area contributed by atoms with Crippen LogP contribution in [-0.2, 0) is 22.5 Å². The number of hydrogen-bond donors (Lipinski definition) is 1. The number of benzene rings is 3. The third-order valence-electron chi connectivity index (χ3n) is 6.10. The van der Waals surface area contributed by atoms with Crippen molar-refractivity contribution < 1.29 is 18.8 Å². The third kappa shape index (κ3) is 4.58. The number of anilines is 1. The van der Waals surface area contributed by atoms with Crippen molar-refractivity contribution in [3.63, 3.8) is 0 Å². The second-order valence-corrected chi connectivity index (χ2v) is 8.42. The molecule has 172 valence electrons. The van der Waals surface area contributed by atoms with E-state index < -0.39 is 6.09 Å². The zero-order chi connectivity index (χ0) is 23.5. The normalized spacial score (nSPS) is 13.7. The van der Waals surface area contributed by atoms with E-state index in [9.17, 15) is 4.79 Å². The van der Waals surface area contributed by atoms with Gasteiger partial charge in [0.25, 0.3) is 0 Å². The average Bonchev–Trinajstić information content (AvgIpc) is 3.24. The second-order valence-electron chi connectivity index (χ2n) is 8.42. The number of carbonyl (C=O) groups excluding carboxylic acids is 1. The lowest BCUT2D eigenvalue weighted by molar-refractivity contribution is 0.111. The van der Waals surface area contributed by atoms with Crippen LogP contribution in [0.5, 0.6) is 0 Å². The molecular weight excluding hydrogens is 428 g/mol.